The number of amides is 1. The van der Waals surface area contributed by atoms with Crippen LogP contribution in [0.1, 0.15) is 26.7 Å². The zero-order valence-corrected chi connectivity index (χ0v) is 11.1. The van der Waals surface area contributed by atoms with Crippen molar-refractivity contribution in [2.75, 3.05) is 20.8 Å². The number of rotatable bonds is 8. The fraction of sp³-hybridized carbons (Fsp3) is 0.909. The highest BCUT2D eigenvalue weighted by molar-refractivity contribution is 6.11. The van der Waals surface area contributed by atoms with Gasteiger partial charge in [0.1, 0.15) is 14.5 Å². The zero-order chi connectivity index (χ0) is 12.6. The molecule has 0 radical (unpaired) electrons. The summed E-state index contributed by atoms with van der Waals surface area (Å²) in [5.74, 6) is 0.242. The number of carbonyl (C=O) groups is 1. The first kappa shape index (κ1) is 15.5. The summed E-state index contributed by atoms with van der Waals surface area (Å²) >= 11 is 0. The first-order valence-corrected chi connectivity index (χ1v) is 5.95. The van der Waals surface area contributed by atoms with Crippen LogP contribution in [0.3, 0.4) is 0 Å². The van der Waals surface area contributed by atoms with E-state index in [9.17, 15) is 4.79 Å². The summed E-state index contributed by atoms with van der Waals surface area (Å²) in [4.78, 5) is 11.1. The van der Waals surface area contributed by atoms with Crippen LogP contribution in [0.4, 0.5) is 0 Å². The van der Waals surface area contributed by atoms with Crippen LogP contribution in [0.15, 0.2) is 0 Å². The predicted molar refractivity (Wildman–Crippen MR) is 67.2 cm³/mol. The number of nitrogens with one attached hydrogen (secondary N) is 1. The Morgan fingerprint density at radius 2 is 2.00 bits per heavy atom. The summed E-state index contributed by atoms with van der Waals surface area (Å²) in [6.45, 7) is 4.34. The number of ether oxygens (including phenoxy) is 2. The molecule has 5 heteroatoms. The van der Waals surface area contributed by atoms with Crippen LogP contribution in [-0.4, -0.2) is 46.6 Å². The van der Waals surface area contributed by atoms with Crippen LogP contribution in [0.5, 0.6) is 0 Å². The predicted octanol–water partition coefficient (Wildman–Crippen LogP) is 0.159. The van der Waals surface area contributed by atoms with Crippen molar-refractivity contribution >= 4 is 13.8 Å². The lowest BCUT2D eigenvalue weighted by Gasteiger charge is -2.29. The van der Waals surface area contributed by atoms with E-state index in [1.54, 1.807) is 14.2 Å². The molecule has 3 unspecified atom stereocenters. The molecule has 0 saturated carbocycles. The molecule has 0 rings (SSSR count). The lowest BCUT2D eigenvalue weighted by Crippen LogP contribution is -2.37. The normalized spacial score (nSPS) is 16.5. The average Bonchev–Trinajstić information content (AvgIpc) is 2.32. The SMILES string of the molecule is BC(OCC(=O)NC)C(CC)C(CC)OC. The Balaban J connectivity index is 4.18. The number of carbonyl (C=O) groups excluding carboxylic acids is 1. The zero-order valence-electron chi connectivity index (χ0n) is 11.1. The molecular weight excluding hydrogens is 205 g/mol. The molecular formula is C11H24BNO3. The lowest BCUT2D eigenvalue weighted by atomic mass is 9.80. The smallest absolute Gasteiger partial charge is 0.245 e. The third-order valence-electron chi connectivity index (χ3n) is 3.01. The van der Waals surface area contributed by atoms with Gasteiger partial charge in [0.15, 0.2) is 0 Å². The summed E-state index contributed by atoms with van der Waals surface area (Å²) in [7, 11) is 5.33. The van der Waals surface area contributed by atoms with Crippen molar-refractivity contribution in [2.45, 2.75) is 38.8 Å². The van der Waals surface area contributed by atoms with Crippen molar-refractivity contribution in [2.24, 2.45) is 5.92 Å². The molecule has 16 heavy (non-hydrogen) atoms. The second-order valence-electron chi connectivity index (χ2n) is 3.94. The van der Waals surface area contributed by atoms with Crippen LogP contribution in [-0.2, 0) is 14.3 Å². The molecule has 0 aliphatic heterocycles. The van der Waals surface area contributed by atoms with Crippen LogP contribution < -0.4 is 5.32 Å². The van der Waals surface area contributed by atoms with Gasteiger partial charge in [-0.1, -0.05) is 13.8 Å². The minimum atomic E-state index is -0.0906. The van der Waals surface area contributed by atoms with E-state index in [1.165, 1.54) is 0 Å². The van der Waals surface area contributed by atoms with Crippen molar-refractivity contribution in [1.82, 2.24) is 5.32 Å². The van der Waals surface area contributed by atoms with Gasteiger partial charge in [-0.15, -0.1) is 0 Å². The molecule has 0 aromatic heterocycles. The number of likely N-dealkylation sites (N-methyl/N-ethyl adjacent to an activating group) is 1. The fourth-order valence-electron chi connectivity index (χ4n) is 1.94. The third kappa shape index (κ3) is 4.99. The monoisotopic (exact) mass is 229 g/mol. The molecule has 0 aromatic rings. The van der Waals surface area contributed by atoms with E-state index in [1.807, 2.05) is 7.85 Å². The molecule has 0 aromatic carbocycles. The number of hydrogen-bond donors (Lipinski definition) is 1. The highest BCUT2D eigenvalue weighted by Crippen LogP contribution is 2.19. The largest absolute Gasteiger partial charge is 0.381 e. The van der Waals surface area contributed by atoms with E-state index in [2.05, 4.69) is 19.2 Å². The van der Waals surface area contributed by atoms with Crippen molar-refractivity contribution in [3.63, 3.8) is 0 Å². The molecule has 0 spiro atoms. The topological polar surface area (TPSA) is 47.6 Å². The van der Waals surface area contributed by atoms with Gasteiger partial charge in [0.25, 0.3) is 0 Å². The maximum atomic E-state index is 11.1. The molecule has 1 N–H and O–H groups in total. The van der Waals surface area contributed by atoms with E-state index < -0.39 is 0 Å². The van der Waals surface area contributed by atoms with Crippen molar-refractivity contribution < 1.29 is 14.3 Å². The van der Waals surface area contributed by atoms with E-state index in [0.29, 0.717) is 5.92 Å². The van der Waals surface area contributed by atoms with Gasteiger partial charge >= 0.3 is 0 Å². The van der Waals surface area contributed by atoms with Crippen molar-refractivity contribution in [3.05, 3.63) is 0 Å². The summed E-state index contributed by atoms with van der Waals surface area (Å²) in [6.07, 6.45) is 2.15. The second kappa shape index (κ2) is 8.59. The Bertz CT molecular complexity index is 198. The Hall–Kier alpha value is -0.545. The molecule has 3 atom stereocenters. The minimum Gasteiger partial charge on any atom is -0.381 e. The van der Waals surface area contributed by atoms with E-state index in [4.69, 9.17) is 9.47 Å². The van der Waals surface area contributed by atoms with Crippen LogP contribution in [0.25, 0.3) is 0 Å². The maximum Gasteiger partial charge on any atom is 0.245 e. The molecule has 0 saturated heterocycles. The molecule has 0 heterocycles. The van der Waals surface area contributed by atoms with Gasteiger partial charge < -0.3 is 14.8 Å². The van der Waals surface area contributed by atoms with Crippen LogP contribution in [0.2, 0.25) is 0 Å². The van der Waals surface area contributed by atoms with Gasteiger partial charge in [0.05, 0.1) is 6.10 Å². The maximum absolute atomic E-state index is 11.1. The highest BCUT2D eigenvalue weighted by atomic mass is 16.5. The van der Waals surface area contributed by atoms with Crippen LogP contribution >= 0.6 is 0 Å². The molecule has 0 fully saturated rings. The molecule has 0 bridgehead atoms. The van der Waals surface area contributed by atoms with Gasteiger partial charge in [-0.3, -0.25) is 4.79 Å². The Kier molecular flexibility index (Phi) is 8.30. The highest BCUT2D eigenvalue weighted by Gasteiger charge is 2.24. The van der Waals surface area contributed by atoms with Gasteiger partial charge in [0, 0.05) is 26.1 Å². The van der Waals surface area contributed by atoms with E-state index >= 15 is 0 Å². The molecule has 0 aliphatic rings. The summed E-state index contributed by atoms with van der Waals surface area (Å²) in [5.41, 5.74) is 0. The van der Waals surface area contributed by atoms with Crippen LogP contribution in [0, 0.1) is 5.92 Å². The summed E-state index contributed by atoms with van der Waals surface area (Å²) in [6, 6.07) is 0.0344. The second-order valence-corrected chi connectivity index (χ2v) is 3.94. The fourth-order valence-corrected chi connectivity index (χ4v) is 1.94. The molecule has 94 valence electrons. The van der Waals surface area contributed by atoms with Gasteiger partial charge in [-0.05, 0) is 12.8 Å². The third-order valence-corrected chi connectivity index (χ3v) is 3.01. The Morgan fingerprint density at radius 3 is 2.38 bits per heavy atom. The minimum absolute atomic E-state index is 0.0344. The summed E-state index contributed by atoms with van der Waals surface area (Å²) < 4.78 is 11.0. The first-order chi connectivity index (χ1) is 7.60. The first-order valence-electron chi connectivity index (χ1n) is 5.95. The van der Waals surface area contributed by atoms with Crippen molar-refractivity contribution in [1.29, 1.82) is 0 Å². The van der Waals surface area contributed by atoms with E-state index in [0.717, 1.165) is 12.8 Å². The molecule has 1 amide bonds. The number of methoxy groups -OCH3 is 1. The molecule has 4 nitrogen and oxygen atoms in total. The quantitative estimate of drug-likeness (QED) is 0.603. The standard InChI is InChI=1S/C11H24BNO3/c1-5-8(9(6-2)15-4)11(12)16-7-10(14)13-3/h8-9,11H,5-7,12H2,1-4H3,(H,13,14). The van der Waals surface area contributed by atoms with Gasteiger partial charge in [-0.2, -0.15) is 0 Å². The van der Waals surface area contributed by atoms with E-state index in [-0.39, 0.29) is 24.6 Å². The average molecular weight is 229 g/mol. The summed E-state index contributed by atoms with van der Waals surface area (Å²) in [5, 5.41) is 2.54. The Morgan fingerprint density at radius 1 is 1.38 bits per heavy atom. The van der Waals surface area contributed by atoms with Gasteiger partial charge in [-0.25, -0.2) is 0 Å². The van der Waals surface area contributed by atoms with Crippen molar-refractivity contribution in [3.8, 4) is 0 Å². The van der Waals surface area contributed by atoms with Gasteiger partial charge in [0.2, 0.25) is 5.91 Å². The molecule has 0 aliphatic carbocycles. The Labute approximate surface area is 99.5 Å². The number of hydrogen-bond acceptors (Lipinski definition) is 3. The lowest BCUT2D eigenvalue weighted by molar-refractivity contribution is -0.127.